The lowest BCUT2D eigenvalue weighted by Crippen LogP contribution is -2.27. The standard InChI is InChI=1S/C15H14BrFN2O/c1-9-7-11(17)4-5-12(9)15(20)19(2)14-6-3-10(16)8-13(14)18/h3-8H,18H2,1-2H3. The van der Waals surface area contributed by atoms with Gasteiger partial charge in [-0.2, -0.15) is 0 Å². The van der Waals surface area contributed by atoms with Crippen molar-refractivity contribution in [1.29, 1.82) is 0 Å². The number of carbonyl (C=O) groups excluding carboxylic acids is 1. The second kappa shape index (κ2) is 5.63. The van der Waals surface area contributed by atoms with E-state index in [-0.39, 0.29) is 11.7 Å². The van der Waals surface area contributed by atoms with Crippen LogP contribution in [0.3, 0.4) is 0 Å². The van der Waals surface area contributed by atoms with E-state index < -0.39 is 0 Å². The molecule has 0 atom stereocenters. The van der Waals surface area contributed by atoms with Crippen LogP contribution in [0.15, 0.2) is 40.9 Å². The lowest BCUT2D eigenvalue weighted by atomic mass is 10.1. The van der Waals surface area contributed by atoms with Gasteiger partial charge >= 0.3 is 0 Å². The molecule has 0 spiro atoms. The summed E-state index contributed by atoms with van der Waals surface area (Å²) >= 11 is 3.32. The fraction of sp³-hybridized carbons (Fsp3) is 0.133. The molecule has 2 aromatic rings. The van der Waals surface area contributed by atoms with Gasteiger partial charge in [-0.1, -0.05) is 15.9 Å². The number of nitrogens with two attached hydrogens (primary N) is 1. The highest BCUT2D eigenvalue weighted by Gasteiger charge is 2.17. The van der Waals surface area contributed by atoms with Crippen molar-refractivity contribution in [2.75, 3.05) is 17.7 Å². The van der Waals surface area contributed by atoms with Crippen LogP contribution in [0.2, 0.25) is 0 Å². The fourth-order valence-electron chi connectivity index (χ4n) is 1.99. The third-order valence-electron chi connectivity index (χ3n) is 3.07. The SMILES string of the molecule is Cc1cc(F)ccc1C(=O)N(C)c1ccc(Br)cc1N. The molecule has 0 saturated carbocycles. The van der Waals surface area contributed by atoms with Gasteiger partial charge in [-0.15, -0.1) is 0 Å². The molecular formula is C15H14BrFN2O. The van der Waals surface area contributed by atoms with E-state index >= 15 is 0 Å². The number of amides is 1. The van der Waals surface area contributed by atoms with Crippen LogP contribution in [0.25, 0.3) is 0 Å². The van der Waals surface area contributed by atoms with Crippen molar-refractivity contribution in [2.24, 2.45) is 0 Å². The Balaban J connectivity index is 2.37. The van der Waals surface area contributed by atoms with Gasteiger partial charge in [0.2, 0.25) is 0 Å². The minimum Gasteiger partial charge on any atom is -0.397 e. The molecule has 20 heavy (non-hydrogen) atoms. The number of carbonyl (C=O) groups is 1. The third-order valence-corrected chi connectivity index (χ3v) is 3.57. The first-order valence-electron chi connectivity index (χ1n) is 5.99. The van der Waals surface area contributed by atoms with Crippen molar-refractivity contribution in [3.05, 3.63) is 57.8 Å². The minimum atomic E-state index is -0.357. The zero-order chi connectivity index (χ0) is 14.9. The van der Waals surface area contributed by atoms with E-state index in [9.17, 15) is 9.18 Å². The third kappa shape index (κ3) is 2.82. The number of anilines is 2. The summed E-state index contributed by atoms with van der Waals surface area (Å²) in [5.74, 6) is -0.582. The molecule has 2 N–H and O–H groups in total. The molecule has 1 amide bonds. The van der Waals surface area contributed by atoms with Crippen molar-refractivity contribution in [3.63, 3.8) is 0 Å². The maximum absolute atomic E-state index is 13.1. The van der Waals surface area contributed by atoms with Gasteiger partial charge in [0.25, 0.3) is 5.91 Å². The number of aryl methyl sites for hydroxylation is 1. The largest absolute Gasteiger partial charge is 0.397 e. The van der Waals surface area contributed by atoms with Gasteiger partial charge in [-0.05, 0) is 48.9 Å². The Kier molecular flexibility index (Phi) is 4.09. The minimum absolute atomic E-state index is 0.225. The normalized spacial score (nSPS) is 10.4. The number of hydrogen-bond acceptors (Lipinski definition) is 2. The smallest absolute Gasteiger partial charge is 0.258 e. The molecule has 0 bridgehead atoms. The molecular weight excluding hydrogens is 323 g/mol. The van der Waals surface area contributed by atoms with Crippen molar-refractivity contribution in [2.45, 2.75) is 6.92 Å². The molecule has 2 rings (SSSR count). The summed E-state index contributed by atoms with van der Waals surface area (Å²) in [6.07, 6.45) is 0. The predicted octanol–water partition coefficient (Wildman–Crippen LogP) is 3.76. The Hall–Kier alpha value is -1.88. The Labute approximate surface area is 125 Å². The number of nitrogen functional groups attached to an aromatic ring is 1. The van der Waals surface area contributed by atoms with E-state index in [0.717, 1.165) is 4.47 Å². The first-order chi connectivity index (χ1) is 9.40. The van der Waals surface area contributed by atoms with Crippen LogP contribution >= 0.6 is 15.9 Å². The van der Waals surface area contributed by atoms with Crippen LogP contribution in [0.5, 0.6) is 0 Å². The molecule has 2 aromatic carbocycles. The average molecular weight is 337 g/mol. The predicted molar refractivity (Wildman–Crippen MR) is 82.4 cm³/mol. The first kappa shape index (κ1) is 14.5. The first-order valence-corrected chi connectivity index (χ1v) is 6.78. The quantitative estimate of drug-likeness (QED) is 0.849. The van der Waals surface area contributed by atoms with E-state index in [2.05, 4.69) is 15.9 Å². The molecule has 0 saturated heterocycles. The van der Waals surface area contributed by atoms with Gasteiger partial charge in [-0.25, -0.2) is 4.39 Å². The molecule has 0 heterocycles. The van der Waals surface area contributed by atoms with Gasteiger partial charge in [0.1, 0.15) is 5.82 Å². The fourth-order valence-corrected chi connectivity index (χ4v) is 2.37. The van der Waals surface area contributed by atoms with Crippen molar-refractivity contribution >= 4 is 33.2 Å². The maximum atomic E-state index is 13.1. The number of hydrogen-bond donors (Lipinski definition) is 1. The van der Waals surface area contributed by atoms with Gasteiger partial charge in [0.05, 0.1) is 11.4 Å². The summed E-state index contributed by atoms with van der Waals surface area (Å²) in [7, 11) is 1.64. The van der Waals surface area contributed by atoms with E-state index in [1.165, 1.54) is 23.1 Å². The zero-order valence-electron chi connectivity index (χ0n) is 11.2. The van der Waals surface area contributed by atoms with E-state index in [1.54, 1.807) is 26.1 Å². The molecule has 3 nitrogen and oxygen atoms in total. The highest BCUT2D eigenvalue weighted by atomic mass is 79.9. The topological polar surface area (TPSA) is 46.3 Å². The summed E-state index contributed by atoms with van der Waals surface area (Å²) < 4.78 is 13.9. The molecule has 0 aromatic heterocycles. The molecule has 0 radical (unpaired) electrons. The lowest BCUT2D eigenvalue weighted by Gasteiger charge is -2.20. The summed E-state index contributed by atoms with van der Waals surface area (Å²) in [6, 6.07) is 9.41. The van der Waals surface area contributed by atoms with Crippen molar-refractivity contribution < 1.29 is 9.18 Å². The summed E-state index contributed by atoms with van der Waals surface area (Å²) in [6.45, 7) is 1.70. The van der Waals surface area contributed by atoms with Gasteiger partial charge in [-0.3, -0.25) is 4.79 Å². The van der Waals surface area contributed by atoms with E-state index in [1.807, 2.05) is 6.07 Å². The second-order valence-corrected chi connectivity index (χ2v) is 5.44. The molecule has 5 heteroatoms. The van der Waals surface area contributed by atoms with Crippen LogP contribution < -0.4 is 10.6 Å². The van der Waals surface area contributed by atoms with Crippen LogP contribution in [0.1, 0.15) is 15.9 Å². The van der Waals surface area contributed by atoms with Crippen molar-refractivity contribution in [1.82, 2.24) is 0 Å². The number of halogens is 2. The highest BCUT2D eigenvalue weighted by molar-refractivity contribution is 9.10. The number of nitrogens with zero attached hydrogens (tertiary/aromatic N) is 1. The van der Waals surface area contributed by atoms with Gasteiger partial charge < -0.3 is 10.6 Å². The van der Waals surface area contributed by atoms with Crippen LogP contribution in [-0.2, 0) is 0 Å². The monoisotopic (exact) mass is 336 g/mol. The van der Waals surface area contributed by atoms with Gasteiger partial charge in [0.15, 0.2) is 0 Å². The molecule has 0 aliphatic carbocycles. The highest BCUT2D eigenvalue weighted by Crippen LogP contribution is 2.27. The molecule has 0 aliphatic rings. The molecule has 0 aliphatic heterocycles. The maximum Gasteiger partial charge on any atom is 0.258 e. The summed E-state index contributed by atoms with van der Waals surface area (Å²) in [5, 5.41) is 0. The lowest BCUT2D eigenvalue weighted by molar-refractivity contribution is 0.0992. The van der Waals surface area contributed by atoms with Gasteiger partial charge in [0, 0.05) is 17.1 Å². The summed E-state index contributed by atoms with van der Waals surface area (Å²) in [4.78, 5) is 13.9. The summed E-state index contributed by atoms with van der Waals surface area (Å²) in [5.41, 5.74) is 8.07. The van der Waals surface area contributed by atoms with Crippen LogP contribution in [-0.4, -0.2) is 13.0 Å². The Morgan fingerprint density at radius 2 is 1.95 bits per heavy atom. The van der Waals surface area contributed by atoms with Crippen molar-refractivity contribution in [3.8, 4) is 0 Å². The van der Waals surface area contributed by atoms with Crippen LogP contribution in [0, 0.1) is 12.7 Å². The Morgan fingerprint density at radius 3 is 2.55 bits per heavy atom. The van der Waals surface area contributed by atoms with Crippen LogP contribution in [0.4, 0.5) is 15.8 Å². The molecule has 0 fully saturated rings. The van der Waals surface area contributed by atoms with E-state index in [4.69, 9.17) is 5.73 Å². The Morgan fingerprint density at radius 1 is 1.25 bits per heavy atom. The zero-order valence-corrected chi connectivity index (χ0v) is 12.7. The second-order valence-electron chi connectivity index (χ2n) is 4.53. The number of rotatable bonds is 2. The Bertz CT molecular complexity index is 673. The molecule has 104 valence electrons. The average Bonchev–Trinajstić information content (AvgIpc) is 2.37. The molecule has 0 unspecified atom stereocenters. The number of benzene rings is 2. The van der Waals surface area contributed by atoms with E-state index in [0.29, 0.717) is 22.5 Å².